The summed E-state index contributed by atoms with van der Waals surface area (Å²) in [7, 11) is 0. The lowest BCUT2D eigenvalue weighted by Gasteiger charge is -2.46. The summed E-state index contributed by atoms with van der Waals surface area (Å²) in [6, 6.07) is -1.30. The maximum Gasteiger partial charge on any atom is 0.311 e. The Bertz CT molecular complexity index is 883. The molecule has 7 nitrogen and oxygen atoms in total. The SMILES string of the molecule is C=CCN(C(=O)C1N([C@H](C)CO)C(=O)[C@@H]2[C@@H](C(=O)OCC)[C@@]3(C)CCC12S3)C(C)(C)CC(C)(C)C. The van der Waals surface area contributed by atoms with Crippen LogP contribution >= 0.6 is 11.8 Å². The standard InChI is InChI=1S/C27H44N2O5S/c1-10-14-28(25(7,8)16-24(4,5)6)22(32)20-27-13-12-26(9,35-27)19(23(33)34-11-2)18(27)21(31)29(20)17(3)15-30/h10,17-20,30H,1,11-16H2,2-9H3/t17-,18+,19+,20?,26-,27?/m1/s1. The van der Waals surface area contributed by atoms with E-state index in [2.05, 4.69) is 41.2 Å². The number of rotatable bonds is 9. The molecule has 3 saturated heterocycles. The second-order valence-electron chi connectivity index (χ2n) is 12.5. The topological polar surface area (TPSA) is 87.2 Å². The van der Waals surface area contributed by atoms with Crippen molar-refractivity contribution in [2.45, 2.75) is 102 Å². The van der Waals surface area contributed by atoms with Crippen LogP contribution in [0.4, 0.5) is 0 Å². The van der Waals surface area contributed by atoms with E-state index >= 15 is 0 Å². The molecular weight excluding hydrogens is 464 g/mol. The van der Waals surface area contributed by atoms with Crippen LogP contribution in [0.15, 0.2) is 12.7 Å². The smallest absolute Gasteiger partial charge is 0.311 e. The van der Waals surface area contributed by atoms with Crippen LogP contribution in [0.2, 0.25) is 0 Å². The number of hydrogen-bond donors (Lipinski definition) is 1. The summed E-state index contributed by atoms with van der Waals surface area (Å²) in [6.07, 6.45) is 3.91. The first-order valence-corrected chi connectivity index (χ1v) is 13.6. The van der Waals surface area contributed by atoms with Crippen molar-refractivity contribution in [2.75, 3.05) is 19.8 Å². The third-order valence-corrected chi connectivity index (χ3v) is 9.99. The van der Waals surface area contributed by atoms with Gasteiger partial charge < -0.3 is 19.6 Å². The monoisotopic (exact) mass is 508 g/mol. The van der Waals surface area contributed by atoms with Gasteiger partial charge in [0.2, 0.25) is 11.8 Å². The normalized spacial score (nSPS) is 33.0. The van der Waals surface area contributed by atoms with Gasteiger partial charge in [-0.05, 0) is 59.3 Å². The van der Waals surface area contributed by atoms with Gasteiger partial charge in [0, 0.05) is 16.8 Å². The second kappa shape index (κ2) is 9.40. The number of carbonyl (C=O) groups excluding carboxylic acids is 3. The molecular formula is C27H44N2O5S. The third kappa shape index (κ3) is 4.54. The number of aliphatic hydroxyl groups excluding tert-OH is 1. The fourth-order valence-corrected chi connectivity index (χ4v) is 9.43. The van der Waals surface area contributed by atoms with Crippen LogP contribution in [0, 0.1) is 17.3 Å². The van der Waals surface area contributed by atoms with Gasteiger partial charge in [-0.1, -0.05) is 26.8 Å². The number of nitrogens with zero attached hydrogens (tertiary/aromatic N) is 2. The Morgan fingerprint density at radius 2 is 1.94 bits per heavy atom. The summed E-state index contributed by atoms with van der Waals surface area (Å²) in [5.41, 5.74) is -0.502. The lowest BCUT2D eigenvalue weighted by Crippen LogP contribution is -2.61. The molecule has 2 unspecified atom stereocenters. The van der Waals surface area contributed by atoms with Gasteiger partial charge in [-0.15, -0.1) is 18.3 Å². The number of likely N-dealkylation sites (tertiary alicyclic amines) is 1. The molecule has 0 aromatic carbocycles. The minimum absolute atomic E-state index is 0.0172. The molecule has 35 heavy (non-hydrogen) atoms. The maximum atomic E-state index is 14.5. The molecule has 3 heterocycles. The maximum absolute atomic E-state index is 14.5. The van der Waals surface area contributed by atoms with E-state index < -0.39 is 39.0 Å². The van der Waals surface area contributed by atoms with Crippen molar-refractivity contribution in [1.82, 2.24) is 9.80 Å². The van der Waals surface area contributed by atoms with Gasteiger partial charge in [0.25, 0.3) is 0 Å². The van der Waals surface area contributed by atoms with Gasteiger partial charge in [-0.25, -0.2) is 0 Å². The Morgan fingerprint density at radius 1 is 1.31 bits per heavy atom. The van der Waals surface area contributed by atoms with Crippen molar-refractivity contribution >= 4 is 29.5 Å². The zero-order valence-electron chi connectivity index (χ0n) is 22.7. The molecule has 3 rings (SSSR count). The third-order valence-electron chi connectivity index (χ3n) is 8.00. The number of esters is 1. The number of carbonyl (C=O) groups is 3. The van der Waals surface area contributed by atoms with Gasteiger partial charge in [-0.2, -0.15) is 0 Å². The average molecular weight is 509 g/mol. The van der Waals surface area contributed by atoms with Crippen LogP contribution < -0.4 is 0 Å². The van der Waals surface area contributed by atoms with Crippen molar-refractivity contribution in [3.63, 3.8) is 0 Å². The zero-order chi connectivity index (χ0) is 26.6. The van der Waals surface area contributed by atoms with Crippen molar-refractivity contribution < 1.29 is 24.2 Å². The van der Waals surface area contributed by atoms with E-state index in [-0.39, 0.29) is 36.4 Å². The van der Waals surface area contributed by atoms with Crippen molar-refractivity contribution in [3.05, 3.63) is 12.7 Å². The van der Waals surface area contributed by atoms with E-state index in [1.54, 1.807) is 36.6 Å². The molecule has 198 valence electrons. The summed E-state index contributed by atoms with van der Waals surface area (Å²) in [4.78, 5) is 45.1. The predicted octanol–water partition coefficient (Wildman–Crippen LogP) is 3.64. The Morgan fingerprint density at radius 3 is 2.46 bits per heavy atom. The van der Waals surface area contributed by atoms with E-state index in [0.29, 0.717) is 13.0 Å². The largest absolute Gasteiger partial charge is 0.466 e. The first-order chi connectivity index (χ1) is 16.1. The molecule has 8 heteroatoms. The predicted molar refractivity (Wildman–Crippen MR) is 139 cm³/mol. The summed E-state index contributed by atoms with van der Waals surface area (Å²) in [5.74, 6) is -1.94. The van der Waals surface area contributed by atoms with Gasteiger partial charge >= 0.3 is 5.97 Å². The van der Waals surface area contributed by atoms with Gasteiger partial charge in [0.1, 0.15) is 6.04 Å². The average Bonchev–Trinajstić information content (AvgIpc) is 3.30. The van der Waals surface area contributed by atoms with Crippen LogP contribution in [-0.2, 0) is 19.1 Å². The van der Waals surface area contributed by atoms with E-state index in [4.69, 9.17) is 4.74 Å². The Hall–Kier alpha value is -1.54. The van der Waals surface area contributed by atoms with Crippen LogP contribution in [0.5, 0.6) is 0 Å². The van der Waals surface area contributed by atoms with Gasteiger partial charge in [0.15, 0.2) is 0 Å². The van der Waals surface area contributed by atoms with E-state index in [0.717, 1.165) is 12.8 Å². The highest BCUT2D eigenvalue weighted by atomic mass is 32.2. The van der Waals surface area contributed by atoms with Gasteiger partial charge in [0.05, 0.1) is 35.8 Å². The molecule has 6 atom stereocenters. The minimum atomic E-state index is -0.757. The number of ether oxygens (including phenoxy) is 1. The molecule has 0 radical (unpaired) electrons. The Balaban J connectivity index is 2.13. The van der Waals surface area contributed by atoms with Crippen molar-refractivity contribution in [2.24, 2.45) is 17.3 Å². The second-order valence-corrected chi connectivity index (χ2v) is 14.4. The fraction of sp³-hybridized carbons (Fsp3) is 0.815. The Kier molecular flexibility index (Phi) is 7.53. The number of fused-ring (bicyclic) bond motifs is 1. The van der Waals surface area contributed by atoms with Crippen molar-refractivity contribution in [1.29, 1.82) is 0 Å². The number of amides is 2. The lowest BCUT2D eigenvalue weighted by molar-refractivity contribution is -0.155. The minimum Gasteiger partial charge on any atom is -0.466 e. The molecule has 0 aromatic heterocycles. The highest BCUT2D eigenvalue weighted by Gasteiger charge is 2.78. The van der Waals surface area contributed by atoms with Crippen molar-refractivity contribution in [3.8, 4) is 0 Å². The molecule has 1 spiro atoms. The van der Waals surface area contributed by atoms with Crippen LogP contribution in [-0.4, -0.2) is 79.6 Å². The first kappa shape index (κ1) is 28.0. The molecule has 3 fully saturated rings. The zero-order valence-corrected chi connectivity index (χ0v) is 23.5. The highest BCUT2D eigenvalue weighted by molar-refractivity contribution is 8.02. The van der Waals surface area contributed by atoms with E-state index in [9.17, 15) is 19.5 Å². The molecule has 0 aliphatic carbocycles. The molecule has 0 aromatic rings. The summed E-state index contributed by atoms with van der Waals surface area (Å²) in [6.45, 7) is 20.4. The molecule has 3 aliphatic heterocycles. The highest BCUT2D eigenvalue weighted by Crippen LogP contribution is 2.71. The summed E-state index contributed by atoms with van der Waals surface area (Å²) >= 11 is 1.63. The van der Waals surface area contributed by atoms with E-state index in [1.165, 1.54) is 0 Å². The summed E-state index contributed by atoms with van der Waals surface area (Å²) in [5, 5.41) is 10.1. The lowest BCUT2D eigenvalue weighted by atomic mass is 9.66. The number of aliphatic hydroxyl groups is 1. The molecule has 2 bridgehead atoms. The van der Waals surface area contributed by atoms with Crippen LogP contribution in [0.25, 0.3) is 0 Å². The first-order valence-electron chi connectivity index (χ1n) is 12.8. The molecule has 1 N–H and O–H groups in total. The van der Waals surface area contributed by atoms with E-state index in [1.807, 2.05) is 11.8 Å². The molecule has 2 amide bonds. The van der Waals surface area contributed by atoms with Gasteiger partial charge in [-0.3, -0.25) is 14.4 Å². The quantitative estimate of drug-likeness (QED) is 0.378. The molecule has 3 aliphatic rings. The Labute approximate surface area is 215 Å². The van der Waals surface area contributed by atoms with Crippen LogP contribution in [0.3, 0.4) is 0 Å². The number of thioether (sulfide) groups is 1. The van der Waals surface area contributed by atoms with Crippen LogP contribution in [0.1, 0.15) is 74.7 Å². The summed E-state index contributed by atoms with van der Waals surface area (Å²) < 4.78 is 4.25. The molecule has 0 saturated carbocycles. The number of hydrogen-bond acceptors (Lipinski definition) is 6. The fourth-order valence-electron chi connectivity index (χ4n) is 7.10.